The Bertz CT molecular complexity index is 1200. The van der Waals surface area contributed by atoms with Crippen molar-refractivity contribution in [1.29, 1.82) is 0 Å². The molecule has 0 heterocycles. The van der Waals surface area contributed by atoms with Crippen LogP contribution in [0, 0.1) is 20.2 Å². The minimum Gasteiger partial charge on any atom is -0.507 e. The third kappa shape index (κ3) is 5.95. The number of carboxylic acid groups (broad SMARTS) is 3. The van der Waals surface area contributed by atoms with Gasteiger partial charge < -0.3 is 31.3 Å². The second-order valence-electron chi connectivity index (χ2n) is 7.35. The van der Waals surface area contributed by atoms with Gasteiger partial charge in [0.15, 0.2) is 5.66 Å². The Labute approximate surface area is 194 Å². The smallest absolute Gasteiger partial charge is 0.339 e. The van der Waals surface area contributed by atoms with E-state index in [-0.39, 0.29) is 11.1 Å². The van der Waals surface area contributed by atoms with E-state index in [9.17, 15) is 55.0 Å². The summed E-state index contributed by atoms with van der Waals surface area (Å²) in [5.41, 5.74) is 0.190. The second-order valence-corrected chi connectivity index (χ2v) is 7.35. The molecule has 0 bridgehead atoms. The van der Waals surface area contributed by atoms with Gasteiger partial charge in [-0.3, -0.25) is 30.3 Å². The number of phenols is 2. The largest absolute Gasteiger partial charge is 0.507 e. The number of benzene rings is 2. The first-order chi connectivity index (χ1) is 16.2. The number of nitrogens with one attached hydrogen (secondary N) is 1. The zero-order valence-corrected chi connectivity index (χ0v) is 17.4. The van der Waals surface area contributed by atoms with E-state index in [0.717, 1.165) is 12.1 Å². The Kier molecular flexibility index (Phi) is 7.53. The highest BCUT2D eigenvalue weighted by atomic mass is 16.6. The van der Waals surface area contributed by atoms with Crippen LogP contribution >= 0.6 is 0 Å². The molecule has 2 aromatic rings. The van der Waals surface area contributed by atoms with Crippen LogP contribution in [0.25, 0.3) is 0 Å². The number of nitrogens with two attached hydrogens (primary N) is 1. The van der Waals surface area contributed by atoms with Crippen LogP contribution in [0.3, 0.4) is 0 Å². The van der Waals surface area contributed by atoms with E-state index in [1.54, 1.807) is 0 Å². The van der Waals surface area contributed by atoms with E-state index >= 15 is 0 Å². The molecular weight excluding hydrogens is 476 g/mol. The molecule has 2 aromatic carbocycles. The van der Waals surface area contributed by atoms with E-state index in [1.165, 1.54) is 6.07 Å². The first kappa shape index (κ1) is 26.4. The van der Waals surface area contributed by atoms with E-state index in [0.29, 0.717) is 12.1 Å². The van der Waals surface area contributed by atoms with Gasteiger partial charge in [0.05, 0.1) is 9.85 Å². The van der Waals surface area contributed by atoms with Gasteiger partial charge >= 0.3 is 29.3 Å². The first-order valence-corrected chi connectivity index (χ1v) is 9.39. The van der Waals surface area contributed by atoms with Crippen LogP contribution in [0.4, 0.5) is 11.4 Å². The molecule has 0 spiro atoms. The van der Waals surface area contributed by atoms with Crippen molar-refractivity contribution in [3.8, 4) is 11.5 Å². The lowest BCUT2D eigenvalue weighted by atomic mass is 9.96. The van der Waals surface area contributed by atoms with Crippen LogP contribution in [0.15, 0.2) is 30.3 Å². The predicted molar refractivity (Wildman–Crippen MR) is 113 cm³/mol. The van der Waals surface area contributed by atoms with Crippen LogP contribution in [0.5, 0.6) is 11.5 Å². The summed E-state index contributed by atoms with van der Waals surface area (Å²) in [6.07, 6.45) is -1.39. The summed E-state index contributed by atoms with van der Waals surface area (Å²) >= 11 is 0. The Morgan fingerprint density at radius 1 is 0.971 bits per heavy atom. The van der Waals surface area contributed by atoms with Crippen molar-refractivity contribution < 1.29 is 49.8 Å². The Morgan fingerprint density at radius 3 is 1.94 bits per heavy atom. The quantitative estimate of drug-likeness (QED) is 0.125. The van der Waals surface area contributed by atoms with Crippen molar-refractivity contribution >= 4 is 29.3 Å². The molecule has 16 nitrogen and oxygen atoms in total. The summed E-state index contributed by atoms with van der Waals surface area (Å²) in [4.78, 5) is 54.9. The molecule has 35 heavy (non-hydrogen) atoms. The van der Waals surface area contributed by atoms with Crippen LogP contribution in [0.1, 0.15) is 21.5 Å². The third-order valence-corrected chi connectivity index (χ3v) is 4.85. The van der Waals surface area contributed by atoms with E-state index in [4.69, 9.17) is 10.8 Å². The molecular formula is C19H18N4O12. The maximum atomic E-state index is 11.9. The molecule has 0 aromatic heterocycles. The number of aliphatic carboxylic acids is 2. The molecule has 0 saturated carbocycles. The van der Waals surface area contributed by atoms with Crippen molar-refractivity contribution in [2.75, 3.05) is 0 Å². The topological polar surface area (TPSA) is 277 Å². The first-order valence-electron chi connectivity index (χ1n) is 9.39. The number of nitrogens with zero attached hydrogens (tertiary/aromatic N) is 2. The summed E-state index contributed by atoms with van der Waals surface area (Å²) in [5, 5.41) is 72.1. The van der Waals surface area contributed by atoms with Gasteiger partial charge in [-0.15, -0.1) is 0 Å². The summed E-state index contributed by atoms with van der Waals surface area (Å²) < 4.78 is 0. The molecule has 0 aliphatic carbocycles. The minimum atomic E-state index is -2.63. The fourth-order valence-electron chi connectivity index (χ4n) is 3.18. The SMILES string of the molecule is NC(Cc1cc([N+](=O)[O-])c(O)c([N+](=O)[O-])c1)(NC(Cc1ccc(O)c(C(=O)O)c1)C(=O)O)C(=O)O. The van der Waals surface area contributed by atoms with Gasteiger partial charge in [0, 0.05) is 18.6 Å². The molecule has 0 aliphatic heterocycles. The maximum Gasteiger partial charge on any atom is 0.339 e. The zero-order chi connectivity index (χ0) is 26.7. The van der Waals surface area contributed by atoms with Crippen molar-refractivity contribution in [3.05, 3.63) is 67.3 Å². The Morgan fingerprint density at radius 2 is 1.51 bits per heavy atom. The van der Waals surface area contributed by atoms with E-state index in [1.807, 2.05) is 0 Å². The number of hydrogen-bond acceptors (Lipinski definition) is 11. The number of phenolic OH excluding ortho intramolecular Hbond substituents is 1. The lowest BCUT2D eigenvalue weighted by Crippen LogP contribution is -2.65. The van der Waals surface area contributed by atoms with Crippen LogP contribution in [-0.2, 0) is 22.4 Å². The van der Waals surface area contributed by atoms with Crippen molar-refractivity contribution in [1.82, 2.24) is 5.32 Å². The summed E-state index contributed by atoms with van der Waals surface area (Å²) in [5.74, 6) is -6.78. The number of nitro benzene ring substituents is 2. The predicted octanol–water partition coefficient (Wildman–Crippen LogP) is 0.180. The molecule has 0 amide bonds. The summed E-state index contributed by atoms with van der Waals surface area (Å²) in [6.45, 7) is 0. The van der Waals surface area contributed by atoms with Gasteiger partial charge in [-0.2, -0.15) is 0 Å². The van der Waals surface area contributed by atoms with Crippen LogP contribution < -0.4 is 11.1 Å². The molecule has 0 aliphatic rings. The fraction of sp³-hybridized carbons (Fsp3) is 0.211. The second kappa shape index (κ2) is 9.98. The highest BCUT2D eigenvalue weighted by Crippen LogP contribution is 2.37. The lowest BCUT2D eigenvalue weighted by molar-refractivity contribution is -0.396. The molecule has 2 unspecified atom stereocenters. The van der Waals surface area contributed by atoms with Crippen molar-refractivity contribution in [2.45, 2.75) is 24.5 Å². The van der Waals surface area contributed by atoms with Gasteiger partial charge in [-0.1, -0.05) is 6.07 Å². The van der Waals surface area contributed by atoms with Crippen LogP contribution in [-0.4, -0.2) is 65.0 Å². The molecule has 186 valence electrons. The van der Waals surface area contributed by atoms with Gasteiger partial charge in [-0.05, 0) is 29.7 Å². The van der Waals surface area contributed by atoms with E-state index in [2.05, 4.69) is 5.32 Å². The molecule has 8 N–H and O–H groups in total. The zero-order valence-electron chi connectivity index (χ0n) is 17.4. The standard InChI is InChI=1S/C19H18N4O12/c20-19(18(30)31,7-9-5-12(22(32)33)15(25)13(6-9)23(34)35)21-11(17(28)29)4-8-1-2-14(24)10(3-8)16(26)27/h1-3,5-6,11,21,24-25H,4,7,20H2,(H,26,27)(H,28,29)(H,30,31). The number of aromatic carboxylic acids is 1. The highest BCUT2D eigenvalue weighted by Gasteiger charge is 2.40. The van der Waals surface area contributed by atoms with Crippen molar-refractivity contribution in [2.24, 2.45) is 5.73 Å². The van der Waals surface area contributed by atoms with Crippen LogP contribution in [0.2, 0.25) is 0 Å². The Hall–Kier alpha value is -4.83. The molecule has 2 rings (SSSR count). The lowest BCUT2D eigenvalue weighted by Gasteiger charge is -2.30. The number of carbonyl (C=O) groups is 3. The number of rotatable bonds is 11. The number of aromatic hydroxyl groups is 2. The molecule has 0 fully saturated rings. The normalized spacial score (nSPS) is 13.4. The monoisotopic (exact) mass is 494 g/mol. The fourth-order valence-corrected chi connectivity index (χ4v) is 3.18. The highest BCUT2D eigenvalue weighted by molar-refractivity contribution is 5.91. The van der Waals surface area contributed by atoms with Gasteiger partial charge in [0.1, 0.15) is 17.4 Å². The van der Waals surface area contributed by atoms with E-state index < -0.39 is 80.7 Å². The minimum absolute atomic E-state index is 0.0729. The van der Waals surface area contributed by atoms with Gasteiger partial charge in [-0.25, -0.2) is 9.59 Å². The number of hydrogen-bond donors (Lipinski definition) is 7. The average Bonchev–Trinajstić information content (AvgIpc) is 2.74. The van der Waals surface area contributed by atoms with Gasteiger partial charge in [0.25, 0.3) is 5.75 Å². The van der Waals surface area contributed by atoms with Crippen molar-refractivity contribution in [3.63, 3.8) is 0 Å². The number of nitro groups is 2. The summed E-state index contributed by atoms with van der Waals surface area (Å²) in [6, 6.07) is 2.74. The Balaban J connectivity index is 2.45. The molecule has 0 radical (unpaired) electrons. The van der Waals surface area contributed by atoms with Gasteiger partial charge in [0.2, 0.25) is 0 Å². The summed E-state index contributed by atoms with van der Waals surface area (Å²) in [7, 11) is 0. The third-order valence-electron chi connectivity index (χ3n) is 4.85. The molecule has 2 atom stereocenters. The number of carboxylic acids is 3. The average molecular weight is 494 g/mol. The maximum absolute atomic E-state index is 11.9. The molecule has 16 heteroatoms. The molecule has 0 saturated heterocycles.